The fourth-order valence-electron chi connectivity index (χ4n) is 2.92. The van der Waals surface area contributed by atoms with Crippen LogP contribution in [0.3, 0.4) is 0 Å². The Morgan fingerprint density at radius 1 is 0.800 bits per heavy atom. The predicted octanol–water partition coefficient (Wildman–Crippen LogP) is -1.70. The zero-order valence-electron chi connectivity index (χ0n) is 17.9. The van der Waals surface area contributed by atoms with Gasteiger partial charge in [0.25, 0.3) is 0 Å². The maximum absolute atomic E-state index is 12.6. The van der Waals surface area contributed by atoms with Crippen LogP contribution in [0, 0.1) is 5.41 Å². The lowest BCUT2D eigenvalue weighted by Crippen LogP contribution is -2.45. The highest BCUT2D eigenvalue weighted by atomic mass is 32.3. The quantitative estimate of drug-likeness (QED) is 0.226. The van der Waals surface area contributed by atoms with Gasteiger partial charge in [-0.25, -0.2) is 0 Å². The molecule has 0 spiro atoms. The molecule has 0 aliphatic carbocycles. The lowest BCUT2D eigenvalue weighted by Gasteiger charge is -2.35. The smallest absolute Gasteiger partial charge is 0.363 e. The van der Waals surface area contributed by atoms with Crippen molar-refractivity contribution in [2.24, 2.45) is 16.9 Å². The van der Waals surface area contributed by atoms with E-state index in [1.807, 2.05) is 0 Å². The van der Waals surface area contributed by atoms with Gasteiger partial charge >= 0.3 is 44.7 Å². The molecule has 0 saturated carbocycles. The molecule has 0 aromatic carbocycles. The van der Waals surface area contributed by atoms with E-state index in [0.717, 1.165) is 37.4 Å². The van der Waals surface area contributed by atoms with Crippen molar-refractivity contribution in [1.82, 2.24) is 10.6 Å². The second kappa shape index (κ2) is 11.0. The van der Waals surface area contributed by atoms with Gasteiger partial charge in [0.05, 0.1) is 18.3 Å². The SMILES string of the molecule is CC(=O)OS(=O)(=O)OC(=O)CC(CC(=O)OS(=O)(=O)OC(C)=O)(C1=CSC(N)N1)C1=CSC(N)N1. The van der Waals surface area contributed by atoms with Crippen LogP contribution < -0.4 is 22.1 Å². The zero-order chi connectivity index (χ0) is 26.6. The van der Waals surface area contributed by atoms with E-state index in [-0.39, 0.29) is 11.4 Å². The van der Waals surface area contributed by atoms with Gasteiger partial charge < -0.3 is 38.8 Å². The summed E-state index contributed by atoms with van der Waals surface area (Å²) < 4.78 is 63.6. The van der Waals surface area contributed by atoms with E-state index >= 15 is 0 Å². The summed E-state index contributed by atoms with van der Waals surface area (Å²) in [6, 6.07) is 0. The molecular weight excluding hydrogens is 556 g/mol. The van der Waals surface area contributed by atoms with E-state index < -0.39 is 73.9 Å². The highest BCUT2D eigenvalue weighted by Crippen LogP contribution is 2.47. The van der Waals surface area contributed by atoms with Crippen LogP contribution in [-0.4, -0.2) is 51.7 Å². The monoisotopic (exact) mass is 576 g/mol. The van der Waals surface area contributed by atoms with Crippen molar-refractivity contribution >= 4 is 68.2 Å². The number of hydrogen-bond donors (Lipinski definition) is 4. The van der Waals surface area contributed by atoms with Gasteiger partial charge in [-0.05, 0) is 10.8 Å². The summed E-state index contributed by atoms with van der Waals surface area (Å²) in [5.74, 6) is -5.56. The second-order valence-corrected chi connectivity index (χ2v) is 11.1. The third-order valence-electron chi connectivity index (χ3n) is 4.01. The minimum Gasteiger partial charge on any atom is -0.363 e. The zero-order valence-corrected chi connectivity index (χ0v) is 21.2. The molecule has 0 saturated heterocycles. The standard InChI is InChI=1S/C15H20N4O12S4/c1-7(20)28-34(24,25)30-11(22)3-15(9-5-32-13(16)18-9,10-6-33-14(17)19-10)4-12(23)31-35(26,27)29-8(2)21/h5-6,13-14,18-19H,3-4,16-17H2,1-2H3. The van der Waals surface area contributed by atoms with E-state index in [4.69, 9.17) is 11.5 Å². The first-order valence-corrected chi connectivity index (χ1v) is 13.7. The summed E-state index contributed by atoms with van der Waals surface area (Å²) in [5.41, 5.74) is 8.39. The molecule has 2 aliphatic rings. The topological polar surface area (TPSA) is 250 Å². The first-order valence-electron chi connectivity index (χ1n) is 9.14. The van der Waals surface area contributed by atoms with Crippen molar-refractivity contribution in [3.63, 3.8) is 0 Å². The number of rotatable bonds is 10. The van der Waals surface area contributed by atoms with Crippen molar-refractivity contribution in [3.8, 4) is 0 Å². The lowest BCUT2D eigenvalue weighted by atomic mass is 9.75. The summed E-state index contributed by atoms with van der Waals surface area (Å²) in [7, 11) is -10.2. The molecule has 20 heteroatoms. The van der Waals surface area contributed by atoms with Gasteiger partial charge in [-0.3, -0.25) is 19.2 Å². The lowest BCUT2D eigenvalue weighted by molar-refractivity contribution is -0.139. The molecule has 2 unspecified atom stereocenters. The first-order chi connectivity index (χ1) is 16.0. The van der Waals surface area contributed by atoms with Crippen LogP contribution in [0.1, 0.15) is 26.7 Å². The predicted molar refractivity (Wildman–Crippen MR) is 119 cm³/mol. The van der Waals surface area contributed by atoms with Crippen molar-refractivity contribution in [3.05, 3.63) is 22.2 Å². The molecule has 0 fully saturated rings. The van der Waals surface area contributed by atoms with Crippen molar-refractivity contribution in [2.45, 2.75) is 37.7 Å². The Labute approximate surface area is 208 Å². The Morgan fingerprint density at radius 2 is 1.14 bits per heavy atom. The number of carbonyl (C=O) groups is 4. The maximum Gasteiger partial charge on any atom is 0.506 e. The minimum absolute atomic E-state index is 0.0760. The van der Waals surface area contributed by atoms with Crippen molar-refractivity contribution < 1.29 is 52.7 Å². The number of nitrogens with two attached hydrogens (primary N) is 2. The van der Waals surface area contributed by atoms with Crippen LogP contribution in [0.15, 0.2) is 22.2 Å². The maximum atomic E-state index is 12.6. The van der Waals surface area contributed by atoms with Crippen LogP contribution in [-0.2, 0) is 56.7 Å². The van der Waals surface area contributed by atoms with E-state index in [9.17, 15) is 36.0 Å². The summed E-state index contributed by atoms with van der Waals surface area (Å²) in [6.07, 6.45) is -1.87. The summed E-state index contributed by atoms with van der Waals surface area (Å²) >= 11 is 2.04. The molecule has 35 heavy (non-hydrogen) atoms. The molecule has 0 aromatic heterocycles. The molecule has 2 aliphatic heterocycles. The molecule has 6 N–H and O–H groups in total. The van der Waals surface area contributed by atoms with E-state index in [2.05, 4.69) is 27.4 Å². The normalized spacial score (nSPS) is 20.0. The number of nitrogens with one attached hydrogen (secondary N) is 2. The molecule has 2 heterocycles. The molecule has 0 radical (unpaired) electrons. The summed E-state index contributed by atoms with van der Waals surface area (Å²) in [6.45, 7) is 1.51. The molecule has 0 amide bonds. The molecule has 2 rings (SSSR count). The number of thioether (sulfide) groups is 2. The Hall–Kier alpha value is -2.52. The third kappa shape index (κ3) is 8.28. The highest BCUT2D eigenvalue weighted by molar-refractivity contribution is 8.03. The average Bonchev–Trinajstić information content (AvgIpc) is 3.26. The number of hydrogen-bond acceptors (Lipinski definition) is 18. The molecular formula is C15H20N4O12S4. The van der Waals surface area contributed by atoms with Gasteiger partial charge in [0.2, 0.25) is 0 Å². The van der Waals surface area contributed by atoms with Crippen LogP contribution in [0.5, 0.6) is 0 Å². The Kier molecular flexibility index (Phi) is 9.05. The summed E-state index contributed by atoms with van der Waals surface area (Å²) in [4.78, 5) is 47.2. The van der Waals surface area contributed by atoms with Gasteiger partial charge in [0.15, 0.2) is 0 Å². The van der Waals surface area contributed by atoms with Gasteiger partial charge in [0, 0.05) is 25.2 Å². The van der Waals surface area contributed by atoms with Crippen LogP contribution >= 0.6 is 23.5 Å². The average molecular weight is 577 g/mol. The van der Waals surface area contributed by atoms with E-state index in [1.54, 1.807) is 0 Å². The van der Waals surface area contributed by atoms with Crippen molar-refractivity contribution in [2.75, 3.05) is 0 Å². The Balaban J connectivity index is 2.46. The fraction of sp³-hybridized carbons (Fsp3) is 0.467. The Morgan fingerprint density at radius 3 is 1.40 bits per heavy atom. The first kappa shape index (κ1) is 28.7. The van der Waals surface area contributed by atoms with Crippen LogP contribution in [0.25, 0.3) is 0 Å². The summed E-state index contributed by atoms with van der Waals surface area (Å²) in [5, 5.41) is 8.36. The third-order valence-corrected chi connectivity index (χ3v) is 7.24. The van der Waals surface area contributed by atoms with Crippen LogP contribution in [0.4, 0.5) is 0 Å². The molecule has 196 valence electrons. The highest BCUT2D eigenvalue weighted by Gasteiger charge is 2.48. The van der Waals surface area contributed by atoms with Crippen molar-refractivity contribution in [1.29, 1.82) is 0 Å². The number of carbonyl (C=O) groups excluding carboxylic acids is 4. The fourth-order valence-corrected chi connectivity index (χ4v) is 5.68. The van der Waals surface area contributed by atoms with Gasteiger partial charge in [-0.2, -0.15) is 0 Å². The molecule has 16 nitrogen and oxygen atoms in total. The largest absolute Gasteiger partial charge is 0.506 e. The second-order valence-electron chi connectivity index (χ2n) is 6.78. The molecule has 0 bridgehead atoms. The van der Waals surface area contributed by atoms with Gasteiger partial charge in [-0.1, -0.05) is 23.5 Å². The molecule has 0 aromatic rings. The molecule has 2 atom stereocenters. The van der Waals surface area contributed by atoms with Crippen LogP contribution in [0.2, 0.25) is 0 Å². The van der Waals surface area contributed by atoms with E-state index in [1.165, 1.54) is 10.8 Å². The van der Waals surface area contributed by atoms with E-state index in [0.29, 0.717) is 0 Å². The Bertz CT molecular complexity index is 1090. The minimum atomic E-state index is -5.10. The van der Waals surface area contributed by atoms with Gasteiger partial charge in [0.1, 0.15) is 11.0 Å². The van der Waals surface area contributed by atoms with Gasteiger partial charge in [-0.15, -0.1) is 16.8 Å².